The lowest BCUT2D eigenvalue weighted by atomic mass is 10.0. The zero-order chi connectivity index (χ0) is 31.7. The zero-order valence-electron chi connectivity index (χ0n) is 24.6. The molecule has 3 aromatic carbocycles. The van der Waals surface area contributed by atoms with Crippen molar-refractivity contribution in [2.45, 2.75) is 19.6 Å². The van der Waals surface area contributed by atoms with Crippen molar-refractivity contribution >= 4 is 34.2 Å². The summed E-state index contributed by atoms with van der Waals surface area (Å²) in [5, 5.41) is 3.16. The van der Waals surface area contributed by atoms with E-state index in [1.165, 1.54) is 18.2 Å². The summed E-state index contributed by atoms with van der Waals surface area (Å²) in [6.45, 7) is 4.98. The van der Waals surface area contributed by atoms with E-state index in [1.54, 1.807) is 42.6 Å². The fourth-order valence-corrected chi connectivity index (χ4v) is 5.40. The number of carbonyl (C=O) groups excluding carboxylic acids is 1. The highest BCUT2D eigenvalue weighted by atomic mass is 35.5. The van der Waals surface area contributed by atoms with E-state index in [1.807, 2.05) is 24.9 Å². The highest BCUT2D eigenvalue weighted by molar-refractivity contribution is 6.30. The fourth-order valence-electron chi connectivity index (χ4n) is 5.21. The number of hydrogen-bond acceptors (Lipinski definition) is 6. The summed E-state index contributed by atoms with van der Waals surface area (Å²) < 4.78 is 48.5. The third kappa shape index (κ3) is 6.95. The van der Waals surface area contributed by atoms with Gasteiger partial charge in [0, 0.05) is 60.8 Å². The van der Waals surface area contributed by atoms with E-state index >= 15 is 0 Å². The number of rotatable bonds is 7. The van der Waals surface area contributed by atoms with E-state index in [4.69, 9.17) is 16.3 Å². The molecule has 1 aliphatic heterocycles. The number of ether oxygens (including phenoxy) is 1. The number of amides is 1. The topological polar surface area (TPSA) is 86.4 Å². The summed E-state index contributed by atoms with van der Waals surface area (Å²) in [7, 11) is 1.99. The molecule has 45 heavy (non-hydrogen) atoms. The minimum absolute atomic E-state index is 0.0487. The second-order valence-corrected chi connectivity index (χ2v) is 11.5. The number of piperazine rings is 1. The number of aryl methyl sites for hydroxylation is 1. The first-order chi connectivity index (χ1) is 21.5. The molecule has 1 aliphatic rings. The first-order valence-corrected chi connectivity index (χ1v) is 14.7. The summed E-state index contributed by atoms with van der Waals surface area (Å²) in [5.41, 5.74) is 2.28. The Morgan fingerprint density at radius 3 is 2.58 bits per heavy atom. The van der Waals surface area contributed by atoms with E-state index in [-0.39, 0.29) is 29.2 Å². The number of nitrogens with zero attached hydrogens (tertiary/aromatic N) is 4. The van der Waals surface area contributed by atoms with Crippen LogP contribution < -0.4 is 10.1 Å². The maximum absolute atomic E-state index is 14.1. The molecule has 0 aliphatic carbocycles. The lowest BCUT2D eigenvalue weighted by Gasteiger charge is -2.33. The van der Waals surface area contributed by atoms with Crippen LogP contribution in [-0.4, -0.2) is 63.9 Å². The Labute approximate surface area is 262 Å². The quantitative estimate of drug-likeness (QED) is 0.194. The molecule has 0 spiro atoms. The highest BCUT2D eigenvalue weighted by Gasteiger charge is 2.34. The maximum Gasteiger partial charge on any atom is 0.416 e. The summed E-state index contributed by atoms with van der Waals surface area (Å²) >= 11 is 6.18. The van der Waals surface area contributed by atoms with Crippen molar-refractivity contribution < 1.29 is 22.7 Å². The molecule has 0 saturated carbocycles. The number of aromatic nitrogens is 3. The van der Waals surface area contributed by atoms with Crippen LogP contribution in [0.25, 0.3) is 22.4 Å². The van der Waals surface area contributed by atoms with Gasteiger partial charge in [0.2, 0.25) is 5.88 Å². The van der Waals surface area contributed by atoms with Gasteiger partial charge in [-0.05, 0) is 67.6 Å². The van der Waals surface area contributed by atoms with Gasteiger partial charge in [-0.15, -0.1) is 0 Å². The second-order valence-electron chi connectivity index (χ2n) is 11.1. The van der Waals surface area contributed by atoms with Gasteiger partial charge in [-0.25, -0.2) is 4.98 Å². The van der Waals surface area contributed by atoms with Gasteiger partial charge in [-0.3, -0.25) is 9.69 Å². The van der Waals surface area contributed by atoms with Gasteiger partial charge in [0.15, 0.2) is 5.82 Å². The molecule has 0 bridgehead atoms. The molecular weight excluding hydrogens is 605 g/mol. The van der Waals surface area contributed by atoms with Gasteiger partial charge in [0.05, 0.1) is 11.1 Å². The summed E-state index contributed by atoms with van der Waals surface area (Å²) in [6.07, 6.45) is -2.85. The van der Waals surface area contributed by atoms with Gasteiger partial charge in [0.1, 0.15) is 11.3 Å². The van der Waals surface area contributed by atoms with Crippen LogP contribution in [0.15, 0.2) is 72.9 Å². The Bertz CT molecular complexity index is 1870. The van der Waals surface area contributed by atoms with Crippen LogP contribution in [-0.2, 0) is 12.7 Å². The van der Waals surface area contributed by atoms with Crippen molar-refractivity contribution in [2.24, 2.45) is 0 Å². The van der Waals surface area contributed by atoms with Gasteiger partial charge in [0.25, 0.3) is 5.91 Å². The number of anilines is 1. The Kier molecular flexibility index (Phi) is 8.50. The minimum Gasteiger partial charge on any atom is -0.437 e. The third-order valence-electron chi connectivity index (χ3n) is 7.78. The molecule has 0 unspecified atom stereocenters. The van der Waals surface area contributed by atoms with E-state index in [0.29, 0.717) is 46.3 Å². The number of carbonyl (C=O) groups is 1. The molecule has 1 saturated heterocycles. The van der Waals surface area contributed by atoms with Crippen LogP contribution in [0.4, 0.5) is 18.9 Å². The molecule has 2 aromatic heterocycles. The number of alkyl halides is 3. The third-order valence-corrected chi connectivity index (χ3v) is 8.01. The number of hydrogen-bond donors (Lipinski definition) is 2. The Morgan fingerprint density at radius 2 is 1.82 bits per heavy atom. The smallest absolute Gasteiger partial charge is 0.416 e. The molecule has 5 aromatic rings. The average Bonchev–Trinajstić information content (AvgIpc) is 3.49. The molecule has 2 N–H and O–H groups in total. The lowest BCUT2D eigenvalue weighted by Crippen LogP contribution is -2.44. The second kappa shape index (κ2) is 12.5. The van der Waals surface area contributed by atoms with E-state index in [2.05, 4.69) is 25.2 Å². The SMILES string of the molecule is Cc1ccc(C(=O)Nc2ccc(CN3CCN(C)CC3)c(C(F)(F)F)c2)cc1Oc1nc(-c2cccc(Cl)c2)nc2cc[nH]c12. The standard InChI is InChI=1S/C33H30ClF3N6O2/c1-20-6-7-22(17-28(20)45-32-29-27(10-11-38-29)40-30(41-32)21-4-3-5-24(34)16-21)31(44)39-25-9-8-23(26(18-25)33(35,36)37)19-43-14-12-42(2)13-15-43/h3-11,16-18,38H,12-15,19H2,1-2H3,(H,39,44). The zero-order valence-corrected chi connectivity index (χ0v) is 25.3. The van der Waals surface area contributed by atoms with Crippen molar-refractivity contribution in [1.29, 1.82) is 0 Å². The van der Waals surface area contributed by atoms with E-state index in [9.17, 15) is 18.0 Å². The first kappa shape index (κ1) is 30.6. The first-order valence-electron chi connectivity index (χ1n) is 14.4. The number of likely N-dealkylation sites (N-methyl/N-ethyl adjacent to an activating group) is 1. The lowest BCUT2D eigenvalue weighted by molar-refractivity contribution is -0.138. The molecule has 1 fully saturated rings. The van der Waals surface area contributed by atoms with Crippen molar-refractivity contribution in [3.05, 3.63) is 100 Å². The molecule has 1 amide bonds. The van der Waals surface area contributed by atoms with Crippen molar-refractivity contribution in [3.63, 3.8) is 0 Å². The normalized spacial score (nSPS) is 14.5. The Balaban J connectivity index is 1.24. The number of benzene rings is 3. The average molecular weight is 635 g/mol. The number of halogens is 4. The van der Waals surface area contributed by atoms with E-state index in [0.717, 1.165) is 24.7 Å². The molecule has 3 heterocycles. The summed E-state index contributed by atoms with van der Waals surface area (Å²) in [5.74, 6) is 0.425. The van der Waals surface area contributed by atoms with Crippen LogP contribution in [0.1, 0.15) is 27.0 Å². The van der Waals surface area contributed by atoms with E-state index < -0.39 is 17.6 Å². The van der Waals surface area contributed by atoms with Gasteiger partial charge >= 0.3 is 6.18 Å². The monoisotopic (exact) mass is 634 g/mol. The van der Waals surface area contributed by atoms with Crippen LogP contribution in [0.2, 0.25) is 5.02 Å². The number of fused-ring (bicyclic) bond motifs is 1. The number of aromatic amines is 1. The Hall–Kier alpha value is -4.45. The number of nitrogens with one attached hydrogen (secondary N) is 2. The Morgan fingerprint density at radius 1 is 1.02 bits per heavy atom. The predicted octanol–water partition coefficient (Wildman–Crippen LogP) is 7.40. The van der Waals surface area contributed by atoms with Crippen molar-refractivity contribution in [2.75, 3.05) is 38.5 Å². The van der Waals surface area contributed by atoms with Crippen LogP contribution in [0.5, 0.6) is 11.6 Å². The van der Waals surface area contributed by atoms with Crippen LogP contribution in [0, 0.1) is 6.92 Å². The van der Waals surface area contributed by atoms with Crippen LogP contribution >= 0.6 is 11.6 Å². The van der Waals surface area contributed by atoms with Gasteiger partial charge < -0.3 is 19.9 Å². The predicted molar refractivity (Wildman–Crippen MR) is 168 cm³/mol. The largest absolute Gasteiger partial charge is 0.437 e. The molecule has 6 rings (SSSR count). The molecular formula is C33H30ClF3N6O2. The highest BCUT2D eigenvalue weighted by Crippen LogP contribution is 2.35. The molecule has 8 nitrogen and oxygen atoms in total. The maximum atomic E-state index is 14.1. The van der Waals surface area contributed by atoms with Gasteiger partial charge in [-0.2, -0.15) is 18.2 Å². The van der Waals surface area contributed by atoms with Crippen LogP contribution in [0.3, 0.4) is 0 Å². The molecule has 232 valence electrons. The fraction of sp³-hybridized carbons (Fsp3) is 0.242. The molecule has 0 atom stereocenters. The van der Waals surface area contributed by atoms with Crippen molar-refractivity contribution in [1.82, 2.24) is 24.8 Å². The molecule has 0 radical (unpaired) electrons. The van der Waals surface area contributed by atoms with Gasteiger partial charge in [-0.1, -0.05) is 35.9 Å². The summed E-state index contributed by atoms with van der Waals surface area (Å²) in [4.78, 5) is 29.7. The number of H-pyrrole nitrogens is 1. The molecule has 12 heteroatoms. The summed E-state index contributed by atoms with van der Waals surface area (Å²) in [6, 6.07) is 17.7. The van der Waals surface area contributed by atoms with Crippen molar-refractivity contribution in [3.8, 4) is 23.0 Å². The minimum atomic E-state index is -4.57.